The third kappa shape index (κ3) is 6.34. The van der Waals surface area contributed by atoms with Crippen LogP contribution < -0.4 is 14.4 Å². The maximum Gasteiger partial charge on any atom is 0.261 e. The van der Waals surface area contributed by atoms with E-state index >= 15 is 0 Å². The number of nitrogens with one attached hydrogen (secondary N) is 1. The number of anilines is 2. The number of methoxy groups -OCH3 is 1. The van der Waals surface area contributed by atoms with Crippen molar-refractivity contribution in [2.75, 3.05) is 37.4 Å². The molecule has 0 saturated carbocycles. The fourth-order valence-corrected chi connectivity index (χ4v) is 6.22. The van der Waals surface area contributed by atoms with Gasteiger partial charge in [-0.25, -0.2) is 21.2 Å². The van der Waals surface area contributed by atoms with E-state index in [2.05, 4.69) is 4.72 Å². The highest BCUT2D eigenvalue weighted by molar-refractivity contribution is 7.92. The van der Waals surface area contributed by atoms with Gasteiger partial charge in [-0.05, 0) is 78.7 Å². The van der Waals surface area contributed by atoms with Gasteiger partial charge in [0.25, 0.3) is 10.0 Å². The van der Waals surface area contributed by atoms with Gasteiger partial charge in [0.15, 0.2) is 0 Å². The van der Waals surface area contributed by atoms with E-state index in [0.29, 0.717) is 23.4 Å². The summed E-state index contributed by atoms with van der Waals surface area (Å²) in [7, 11) is -2.68. The Kier molecular flexibility index (Phi) is 8.59. The second-order valence-corrected chi connectivity index (χ2v) is 11.9. The summed E-state index contributed by atoms with van der Waals surface area (Å²) < 4.78 is 74.9. The summed E-state index contributed by atoms with van der Waals surface area (Å²) >= 11 is 0. The van der Waals surface area contributed by atoms with Crippen molar-refractivity contribution in [3.8, 4) is 5.75 Å². The molecular formula is C25H30FN3O5S2. The first-order valence-electron chi connectivity index (χ1n) is 11.2. The summed E-state index contributed by atoms with van der Waals surface area (Å²) in [6.45, 7) is 2.09. The number of benzene rings is 3. The minimum absolute atomic E-state index is 0.000827. The highest BCUT2D eigenvalue weighted by Gasteiger charge is 2.26. The summed E-state index contributed by atoms with van der Waals surface area (Å²) in [6.07, 6.45) is 0.557. The van der Waals surface area contributed by atoms with Gasteiger partial charge in [-0.15, -0.1) is 0 Å². The first kappa shape index (κ1) is 27.4. The monoisotopic (exact) mass is 535 g/mol. The van der Waals surface area contributed by atoms with Crippen molar-refractivity contribution in [1.82, 2.24) is 4.31 Å². The maximum absolute atomic E-state index is 13.4. The summed E-state index contributed by atoms with van der Waals surface area (Å²) in [6, 6.07) is 15.7. The van der Waals surface area contributed by atoms with E-state index in [-0.39, 0.29) is 22.9 Å². The molecule has 0 amide bonds. The van der Waals surface area contributed by atoms with E-state index in [4.69, 9.17) is 4.74 Å². The van der Waals surface area contributed by atoms with E-state index in [1.54, 1.807) is 30.3 Å². The van der Waals surface area contributed by atoms with Crippen LogP contribution in [0.4, 0.5) is 15.8 Å². The molecule has 0 aromatic heterocycles. The molecule has 3 rings (SSSR count). The molecule has 0 saturated heterocycles. The van der Waals surface area contributed by atoms with Crippen molar-refractivity contribution in [1.29, 1.82) is 0 Å². The average molecular weight is 536 g/mol. The molecule has 0 aliphatic rings. The number of nitrogens with zero attached hydrogens (tertiary/aromatic N) is 2. The van der Waals surface area contributed by atoms with Gasteiger partial charge in [0.1, 0.15) is 11.6 Å². The van der Waals surface area contributed by atoms with Crippen LogP contribution in [-0.2, 0) is 26.6 Å². The van der Waals surface area contributed by atoms with Crippen LogP contribution in [0.3, 0.4) is 0 Å². The van der Waals surface area contributed by atoms with E-state index in [0.717, 1.165) is 17.8 Å². The third-order valence-corrected chi connectivity index (χ3v) is 8.71. The molecule has 0 radical (unpaired) electrons. The molecule has 8 nitrogen and oxygen atoms in total. The standard InChI is InChI=1S/C25H30FN3O5S2/c1-5-16-29(36(32,33)24-11-6-20(26)7-12-24)18-19-17-21(8-15-25(19)28(2)3)27-35(30,31)23-13-9-22(34-4)10-14-23/h6-15,17,27H,5,16,18H2,1-4H3. The number of halogens is 1. The SMILES string of the molecule is CCCN(Cc1cc(NS(=O)(=O)c2ccc(OC)cc2)ccc1N(C)C)S(=O)(=O)c1ccc(F)cc1. The predicted molar refractivity (Wildman–Crippen MR) is 139 cm³/mol. The lowest BCUT2D eigenvalue weighted by Crippen LogP contribution is -2.32. The van der Waals surface area contributed by atoms with Gasteiger partial charge in [0.2, 0.25) is 10.0 Å². The number of sulfonamides is 2. The molecule has 0 bridgehead atoms. The van der Waals surface area contributed by atoms with Gasteiger partial charge in [0.05, 0.1) is 16.9 Å². The van der Waals surface area contributed by atoms with Crippen LogP contribution in [-0.4, -0.2) is 48.9 Å². The van der Waals surface area contributed by atoms with E-state index in [9.17, 15) is 21.2 Å². The van der Waals surface area contributed by atoms with Crippen LogP contribution >= 0.6 is 0 Å². The summed E-state index contributed by atoms with van der Waals surface area (Å²) in [5, 5.41) is 0. The van der Waals surface area contributed by atoms with Crippen LogP contribution in [0.15, 0.2) is 76.5 Å². The van der Waals surface area contributed by atoms with Gasteiger partial charge >= 0.3 is 0 Å². The average Bonchev–Trinajstić information content (AvgIpc) is 2.84. The van der Waals surface area contributed by atoms with Crippen LogP contribution in [0.2, 0.25) is 0 Å². The molecule has 3 aromatic carbocycles. The Morgan fingerprint density at radius 3 is 2.06 bits per heavy atom. The van der Waals surface area contributed by atoms with Crippen LogP contribution in [0.25, 0.3) is 0 Å². The topological polar surface area (TPSA) is 96.0 Å². The lowest BCUT2D eigenvalue weighted by Gasteiger charge is -2.25. The fourth-order valence-electron chi connectivity index (χ4n) is 3.66. The van der Waals surface area contributed by atoms with E-state index in [1.165, 1.54) is 35.7 Å². The summed E-state index contributed by atoms with van der Waals surface area (Å²) in [5.41, 5.74) is 1.63. The molecule has 0 unspecified atom stereocenters. The quantitative estimate of drug-likeness (QED) is 0.393. The number of hydrogen-bond donors (Lipinski definition) is 1. The van der Waals surface area contributed by atoms with E-state index in [1.807, 2.05) is 25.9 Å². The van der Waals surface area contributed by atoms with Gasteiger partial charge < -0.3 is 9.64 Å². The molecule has 1 N–H and O–H groups in total. The summed E-state index contributed by atoms with van der Waals surface area (Å²) in [5.74, 6) is 0.00711. The lowest BCUT2D eigenvalue weighted by atomic mass is 10.1. The molecule has 0 aliphatic heterocycles. The zero-order chi connectivity index (χ0) is 26.5. The minimum Gasteiger partial charge on any atom is -0.497 e. The Morgan fingerprint density at radius 2 is 1.50 bits per heavy atom. The van der Waals surface area contributed by atoms with Crippen LogP contribution in [0.5, 0.6) is 5.75 Å². The third-order valence-electron chi connectivity index (χ3n) is 5.45. The zero-order valence-electron chi connectivity index (χ0n) is 20.6. The van der Waals surface area contributed by atoms with Gasteiger partial charge in [-0.2, -0.15) is 4.31 Å². The van der Waals surface area contributed by atoms with Gasteiger partial charge in [-0.3, -0.25) is 4.72 Å². The molecule has 0 heterocycles. The first-order chi connectivity index (χ1) is 17.0. The molecule has 194 valence electrons. The van der Waals surface area contributed by atoms with Gasteiger partial charge in [0, 0.05) is 38.6 Å². The van der Waals surface area contributed by atoms with Crippen molar-refractivity contribution < 1.29 is 26.0 Å². The highest BCUT2D eigenvalue weighted by atomic mass is 32.2. The Labute approximate surface area is 212 Å². The van der Waals surface area contributed by atoms with Crippen molar-refractivity contribution >= 4 is 31.4 Å². The minimum atomic E-state index is -3.92. The Hall–Kier alpha value is -3.15. The highest BCUT2D eigenvalue weighted by Crippen LogP contribution is 2.28. The smallest absolute Gasteiger partial charge is 0.261 e. The lowest BCUT2D eigenvalue weighted by molar-refractivity contribution is 0.406. The van der Waals surface area contributed by atoms with Gasteiger partial charge in [-0.1, -0.05) is 6.92 Å². The van der Waals surface area contributed by atoms with Crippen molar-refractivity contribution in [2.45, 2.75) is 29.7 Å². The van der Waals surface area contributed by atoms with Crippen LogP contribution in [0, 0.1) is 5.82 Å². The zero-order valence-corrected chi connectivity index (χ0v) is 22.2. The Morgan fingerprint density at radius 1 is 0.889 bits per heavy atom. The Bertz CT molecular complexity index is 1390. The Balaban J connectivity index is 1.96. The second kappa shape index (κ2) is 11.3. The largest absolute Gasteiger partial charge is 0.497 e. The second-order valence-electron chi connectivity index (χ2n) is 8.31. The van der Waals surface area contributed by atoms with Crippen molar-refractivity contribution in [3.05, 3.63) is 78.1 Å². The maximum atomic E-state index is 13.4. The molecular weight excluding hydrogens is 505 g/mol. The van der Waals surface area contributed by atoms with Crippen molar-refractivity contribution in [2.24, 2.45) is 0 Å². The number of hydrogen-bond acceptors (Lipinski definition) is 6. The fraction of sp³-hybridized carbons (Fsp3) is 0.280. The summed E-state index contributed by atoms with van der Waals surface area (Å²) in [4.78, 5) is 1.87. The first-order valence-corrected chi connectivity index (χ1v) is 14.1. The molecule has 0 spiro atoms. The van der Waals surface area contributed by atoms with Crippen molar-refractivity contribution in [3.63, 3.8) is 0 Å². The molecule has 3 aromatic rings. The predicted octanol–water partition coefficient (Wildman–Crippen LogP) is 4.30. The van der Waals surface area contributed by atoms with E-state index < -0.39 is 25.9 Å². The number of rotatable bonds is 11. The molecule has 11 heteroatoms. The number of ether oxygens (including phenoxy) is 1. The normalized spacial score (nSPS) is 11.9. The molecule has 0 fully saturated rings. The molecule has 36 heavy (non-hydrogen) atoms. The van der Waals surface area contributed by atoms with Crippen LogP contribution in [0.1, 0.15) is 18.9 Å². The molecule has 0 atom stereocenters. The molecule has 0 aliphatic carbocycles.